The van der Waals surface area contributed by atoms with E-state index in [1.54, 1.807) is 0 Å². The van der Waals surface area contributed by atoms with Gasteiger partial charge in [0.15, 0.2) is 12.0 Å². The van der Waals surface area contributed by atoms with E-state index in [9.17, 15) is 19.6 Å². The van der Waals surface area contributed by atoms with Crippen LogP contribution in [0.1, 0.15) is 17.4 Å². The summed E-state index contributed by atoms with van der Waals surface area (Å²) in [4.78, 5) is 34.6. The molecule has 0 amide bonds. The van der Waals surface area contributed by atoms with Crippen LogP contribution in [0.3, 0.4) is 0 Å². The second-order valence-corrected chi connectivity index (χ2v) is 2.52. The minimum atomic E-state index is -0.704. The van der Waals surface area contributed by atoms with Crippen molar-refractivity contribution in [3.63, 3.8) is 0 Å². The molecule has 0 aromatic carbocycles. The Kier molecular flexibility index (Phi) is 3.06. The van der Waals surface area contributed by atoms with Gasteiger partial charge in [-0.25, -0.2) is 4.98 Å². The SMILES string of the molecule is CC(=O)Oc1cc(C=O)nc(N=O)c1O. The Morgan fingerprint density at radius 2 is 2.33 bits per heavy atom. The number of nitroso groups, excluding NO2 is 1. The molecule has 0 aliphatic carbocycles. The van der Waals surface area contributed by atoms with Crippen LogP contribution in [0.4, 0.5) is 5.82 Å². The molecule has 0 bridgehead atoms. The van der Waals surface area contributed by atoms with Crippen molar-refractivity contribution in [1.29, 1.82) is 0 Å². The summed E-state index contributed by atoms with van der Waals surface area (Å²) in [7, 11) is 0. The highest BCUT2D eigenvalue weighted by molar-refractivity contribution is 5.77. The second kappa shape index (κ2) is 4.27. The summed E-state index contributed by atoms with van der Waals surface area (Å²) < 4.78 is 4.54. The molecule has 1 N–H and O–H groups in total. The Balaban J connectivity index is 3.29. The van der Waals surface area contributed by atoms with Crippen LogP contribution in [0.5, 0.6) is 11.5 Å². The van der Waals surface area contributed by atoms with E-state index in [0.29, 0.717) is 6.29 Å². The molecule has 0 atom stereocenters. The van der Waals surface area contributed by atoms with E-state index < -0.39 is 17.5 Å². The maximum absolute atomic E-state index is 10.6. The topological polar surface area (TPSA) is 106 Å². The number of hydrogen-bond donors (Lipinski definition) is 1. The first-order chi connectivity index (χ1) is 7.08. The number of aldehydes is 1. The predicted octanol–water partition coefficient (Wildman–Crippen LogP) is 0.923. The molecule has 0 spiro atoms. The van der Waals surface area contributed by atoms with Crippen molar-refractivity contribution in [2.24, 2.45) is 5.18 Å². The first kappa shape index (κ1) is 10.8. The average Bonchev–Trinajstić information content (AvgIpc) is 2.20. The number of ether oxygens (including phenoxy) is 1. The molecule has 0 aliphatic rings. The Morgan fingerprint density at radius 1 is 1.67 bits per heavy atom. The Labute approximate surface area is 83.7 Å². The first-order valence-electron chi connectivity index (χ1n) is 3.79. The zero-order valence-electron chi connectivity index (χ0n) is 7.63. The Morgan fingerprint density at radius 3 is 2.80 bits per heavy atom. The lowest BCUT2D eigenvalue weighted by atomic mass is 10.3. The summed E-state index contributed by atoms with van der Waals surface area (Å²) in [6, 6.07) is 1.03. The molecule has 0 aliphatic heterocycles. The standard InChI is InChI=1S/C8H6N2O5/c1-4(12)15-6-2-5(3-11)9-8(10-14)7(6)13/h2-3,13H,1H3. The number of carbonyl (C=O) groups excluding carboxylic acids is 2. The Hall–Kier alpha value is -2.31. The number of pyridine rings is 1. The number of hydrogen-bond acceptors (Lipinski definition) is 7. The molecular formula is C8H6N2O5. The lowest BCUT2D eigenvalue weighted by Crippen LogP contribution is -2.03. The van der Waals surface area contributed by atoms with Crippen molar-refractivity contribution >= 4 is 18.1 Å². The lowest BCUT2D eigenvalue weighted by Gasteiger charge is -2.04. The van der Waals surface area contributed by atoms with Crippen molar-refractivity contribution < 1.29 is 19.4 Å². The number of nitrogens with zero attached hydrogens (tertiary/aromatic N) is 2. The lowest BCUT2D eigenvalue weighted by molar-refractivity contribution is -0.132. The average molecular weight is 210 g/mol. The van der Waals surface area contributed by atoms with Crippen LogP contribution in [0.15, 0.2) is 11.2 Å². The van der Waals surface area contributed by atoms with Gasteiger partial charge < -0.3 is 9.84 Å². The molecule has 78 valence electrons. The zero-order valence-corrected chi connectivity index (χ0v) is 7.63. The molecule has 0 unspecified atom stereocenters. The number of carbonyl (C=O) groups is 2. The fraction of sp³-hybridized carbons (Fsp3) is 0.125. The van der Waals surface area contributed by atoms with Crippen LogP contribution in [0.25, 0.3) is 0 Å². The summed E-state index contributed by atoms with van der Waals surface area (Å²) in [5.41, 5.74) is -0.168. The summed E-state index contributed by atoms with van der Waals surface area (Å²) >= 11 is 0. The van der Waals surface area contributed by atoms with E-state index in [1.165, 1.54) is 0 Å². The van der Waals surface area contributed by atoms with Crippen molar-refractivity contribution in [3.05, 3.63) is 16.7 Å². The first-order valence-corrected chi connectivity index (χ1v) is 3.79. The molecule has 7 heteroatoms. The van der Waals surface area contributed by atoms with E-state index in [1.807, 2.05) is 0 Å². The summed E-state index contributed by atoms with van der Waals surface area (Å²) in [5, 5.41) is 11.7. The van der Waals surface area contributed by atoms with Crippen LogP contribution in [-0.2, 0) is 4.79 Å². The minimum absolute atomic E-state index is 0.168. The number of rotatable bonds is 3. The summed E-state index contributed by atoms with van der Waals surface area (Å²) in [5.74, 6) is -2.30. The van der Waals surface area contributed by atoms with E-state index in [-0.39, 0.29) is 11.4 Å². The molecule has 0 saturated carbocycles. The maximum atomic E-state index is 10.6. The monoisotopic (exact) mass is 210 g/mol. The molecule has 1 aromatic heterocycles. The third kappa shape index (κ3) is 2.33. The van der Waals surface area contributed by atoms with Crippen molar-refractivity contribution in [2.75, 3.05) is 0 Å². The highest BCUT2D eigenvalue weighted by atomic mass is 16.5. The quantitative estimate of drug-likeness (QED) is 0.451. The van der Waals surface area contributed by atoms with Crippen molar-refractivity contribution in [3.8, 4) is 11.5 Å². The highest BCUT2D eigenvalue weighted by Gasteiger charge is 2.14. The molecule has 0 saturated heterocycles. The van der Waals surface area contributed by atoms with Crippen LogP contribution < -0.4 is 4.74 Å². The van der Waals surface area contributed by atoms with Gasteiger partial charge in [-0.3, -0.25) is 9.59 Å². The highest BCUT2D eigenvalue weighted by Crippen LogP contribution is 2.34. The number of aromatic nitrogens is 1. The van der Waals surface area contributed by atoms with Crippen LogP contribution >= 0.6 is 0 Å². The molecule has 15 heavy (non-hydrogen) atoms. The molecule has 0 radical (unpaired) electrons. The van der Waals surface area contributed by atoms with E-state index in [0.717, 1.165) is 13.0 Å². The van der Waals surface area contributed by atoms with Gasteiger partial charge >= 0.3 is 5.97 Å². The fourth-order valence-electron chi connectivity index (χ4n) is 0.877. The van der Waals surface area contributed by atoms with Gasteiger partial charge in [-0.05, 0) is 5.18 Å². The van der Waals surface area contributed by atoms with Gasteiger partial charge in [-0.2, -0.15) is 0 Å². The Bertz CT molecular complexity index is 429. The maximum Gasteiger partial charge on any atom is 0.308 e. The third-order valence-electron chi connectivity index (χ3n) is 1.42. The molecule has 1 rings (SSSR count). The largest absolute Gasteiger partial charge is 0.502 e. The summed E-state index contributed by atoms with van der Waals surface area (Å²) in [6.07, 6.45) is 0.334. The van der Waals surface area contributed by atoms with Crippen molar-refractivity contribution in [1.82, 2.24) is 4.98 Å². The molecular weight excluding hydrogens is 204 g/mol. The molecule has 1 aromatic rings. The van der Waals surface area contributed by atoms with E-state index in [4.69, 9.17) is 0 Å². The number of esters is 1. The van der Waals surface area contributed by atoms with Gasteiger partial charge in [0, 0.05) is 13.0 Å². The normalized spacial score (nSPS) is 9.40. The van der Waals surface area contributed by atoms with Crippen molar-refractivity contribution in [2.45, 2.75) is 6.92 Å². The van der Waals surface area contributed by atoms with Gasteiger partial charge in [0.2, 0.25) is 11.6 Å². The predicted molar refractivity (Wildman–Crippen MR) is 48.1 cm³/mol. The van der Waals surface area contributed by atoms with Gasteiger partial charge in [0.05, 0.1) is 0 Å². The van der Waals surface area contributed by atoms with Crippen LogP contribution in [-0.4, -0.2) is 22.3 Å². The van der Waals surface area contributed by atoms with Gasteiger partial charge in [0.1, 0.15) is 5.69 Å². The van der Waals surface area contributed by atoms with E-state index >= 15 is 0 Å². The summed E-state index contributed by atoms with van der Waals surface area (Å²) in [6.45, 7) is 1.11. The second-order valence-electron chi connectivity index (χ2n) is 2.52. The van der Waals surface area contributed by atoms with Crippen LogP contribution in [0.2, 0.25) is 0 Å². The molecule has 7 nitrogen and oxygen atoms in total. The van der Waals surface area contributed by atoms with E-state index in [2.05, 4.69) is 14.9 Å². The minimum Gasteiger partial charge on any atom is -0.502 e. The van der Waals surface area contributed by atoms with Gasteiger partial charge in [0.25, 0.3) is 0 Å². The van der Waals surface area contributed by atoms with Crippen LogP contribution in [0, 0.1) is 4.91 Å². The molecule has 1 heterocycles. The van der Waals surface area contributed by atoms with Gasteiger partial charge in [-0.1, -0.05) is 0 Å². The third-order valence-corrected chi connectivity index (χ3v) is 1.42. The fourth-order valence-corrected chi connectivity index (χ4v) is 0.877. The number of aromatic hydroxyl groups is 1. The molecule has 0 fully saturated rings. The van der Waals surface area contributed by atoms with Gasteiger partial charge in [-0.15, -0.1) is 4.91 Å². The zero-order chi connectivity index (χ0) is 11.4. The smallest absolute Gasteiger partial charge is 0.308 e.